The molecule has 0 saturated carbocycles. The highest BCUT2D eigenvalue weighted by atomic mass is 16.5. The molecule has 0 N–H and O–H groups in total. The number of ether oxygens (including phenoxy) is 2. The van der Waals surface area contributed by atoms with Crippen LogP contribution in [-0.2, 0) is 20.7 Å². The Labute approximate surface area is 170 Å². The molecular weight excluding hydrogens is 372 g/mol. The minimum Gasteiger partial charge on any atom is -0.495 e. The van der Waals surface area contributed by atoms with Crippen molar-refractivity contribution in [3.05, 3.63) is 54.0 Å². The van der Waals surface area contributed by atoms with Crippen LogP contribution in [0.3, 0.4) is 0 Å². The average Bonchev–Trinajstić information content (AvgIpc) is 3.23. The summed E-state index contributed by atoms with van der Waals surface area (Å²) >= 11 is 0. The Bertz CT molecular complexity index is 866. The van der Waals surface area contributed by atoms with Gasteiger partial charge in [-0.1, -0.05) is 12.1 Å². The number of esters is 1. The number of para-hydroxylation sites is 2. The molecule has 2 heterocycles. The number of piperazine rings is 1. The summed E-state index contributed by atoms with van der Waals surface area (Å²) in [6.45, 7) is 2.78. The van der Waals surface area contributed by atoms with E-state index in [0.29, 0.717) is 31.0 Å². The number of carbonyl (C=O) groups excluding carboxylic acids is 2. The van der Waals surface area contributed by atoms with E-state index in [2.05, 4.69) is 9.64 Å². The van der Waals surface area contributed by atoms with Crippen molar-refractivity contribution >= 4 is 23.6 Å². The van der Waals surface area contributed by atoms with Crippen molar-refractivity contribution in [3.63, 3.8) is 0 Å². The van der Waals surface area contributed by atoms with E-state index in [9.17, 15) is 9.59 Å². The number of benzene rings is 1. The third-order valence-corrected chi connectivity index (χ3v) is 4.89. The van der Waals surface area contributed by atoms with Crippen molar-refractivity contribution < 1.29 is 23.5 Å². The van der Waals surface area contributed by atoms with Gasteiger partial charge in [-0.2, -0.15) is 0 Å². The number of nitrogens with zero attached hydrogens (tertiary/aromatic N) is 2. The molecule has 0 radical (unpaired) electrons. The van der Waals surface area contributed by atoms with E-state index in [0.717, 1.165) is 24.5 Å². The number of methoxy groups -OCH3 is 2. The van der Waals surface area contributed by atoms with Gasteiger partial charge in [0.05, 0.1) is 26.3 Å². The van der Waals surface area contributed by atoms with Crippen molar-refractivity contribution in [2.75, 3.05) is 45.3 Å². The first-order valence-corrected chi connectivity index (χ1v) is 9.61. The molecule has 1 aliphatic heterocycles. The summed E-state index contributed by atoms with van der Waals surface area (Å²) in [6, 6.07) is 11.5. The summed E-state index contributed by atoms with van der Waals surface area (Å²) in [5.41, 5.74) is 1.05. The van der Waals surface area contributed by atoms with E-state index < -0.39 is 0 Å². The summed E-state index contributed by atoms with van der Waals surface area (Å²) in [7, 11) is 3.03. The molecule has 3 rings (SSSR count). The van der Waals surface area contributed by atoms with Gasteiger partial charge in [0.1, 0.15) is 17.3 Å². The molecule has 1 fully saturated rings. The zero-order valence-electron chi connectivity index (χ0n) is 16.8. The Morgan fingerprint density at radius 1 is 1.07 bits per heavy atom. The van der Waals surface area contributed by atoms with Crippen LogP contribution in [0, 0.1) is 0 Å². The Hall–Kier alpha value is -3.22. The number of aryl methyl sites for hydroxylation is 1. The van der Waals surface area contributed by atoms with Gasteiger partial charge >= 0.3 is 5.97 Å². The number of anilines is 1. The minimum atomic E-state index is -0.277. The van der Waals surface area contributed by atoms with E-state index in [1.165, 1.54) is 13.2 Å². The minimum absolute atomic E-state index is 0.0443. The molecule has 1 amide bonds. The fraction of sp³-hybridized carbons (Fsp3) is 0.364. The normalized spacial score (nSPS) is 14.3. The lowest BCUT2D eigenvalue weighted by atomic mass is 10.2. The van der Waals surface area contributed by atoms with Gasteiger partial charge in [0.15, 0.2) is 0 Å². The summed E-state index contributed by atoms with van der Waals surface area (Å²) in [5.74, 6) is 1.80. The predicted octanol–water partition coefficient (Wildman–Crippen LogP) is 2.76. The van der Waals surface area contributed by atoms with E-state index in [1.54, 1.807) is 25.3 Å². The number of rotatable bonds is 7. The van der Waals surface area contributed by atoms with Crippen LogP contribution in [0.5, 0.6) is 5.75 Å². The van der Waals surface area contributed by atoms with Crippen molar-refractivity contribution in [3.8, 4) is 5.75 Å². The summed E-state index contributed by atoms with van der Waals surface area (Å²) in [5, 5.41) is 0. The molecule has 1 aromatic heterocycles. The van der Waals surface area contributed by atoms with Crippen LogP contribution in [0.25, 0.3) is 6.08 Å². The van der Waals surface area contributed by atoms with Crippen LogP contribution in [-0.4, -0.2) is 57.2 Å². The third-order valence-electron chi connectivity index (χ3n) is 4.89. The Kier molecular flexibility index (Phi) is 6.94. The molecule has 29 heavy (non-hydrogen) atoms. The summed E-state index contributed by atoms with van der Waals surface area (Å²) < 4.78 is 15.7. The molecule has 154 valence electrons. The second-order valence-electron chi connectivity index (χ2n) is 6.70. The van der Waals surface area contributed by atoms with Crippen LogP contribution < -0.4 is 9.64 Å². The first kappa shape index (κ1) is 20.5. The zero-order chi connectivity index (χ0) is 20.6. The van der Waals surface area contributed by atoms with Crippen molar-refractivity contribution in [2.45, 2.75) is 12.8 Å². The first-order chi connectivity index (χ1) is 14.1. The van der Waals surface area contributed by atoms with E-state index in [1.807, 2.05) is 29.2 Å². The molecule has 0 unspecified atom stereocenters. The first-order valence-electron chi connectivity index (χ1n) is 9.61. The highest BCUT2D eigenvalue weighted by Crippen LogP contribution is 2.28. The van der Waals surface area contributed by atoms with Gasteiger partial charge in [-0.25, -0.2) is 0 Å². The average molecular weight is 398 g/mol. The van der Waals surface area contributed by atoms with Gasteiger partial charge in [0.25, 0.3) is 0 Å². The van der Waals surface area contributed by atoms with Gasteiger partial charge in [0.2, 0.25) is 5.91 Å². The maximum Gasteiger partial charge on any atom is 0.305 e. The molecule has 0 atom stereocenters. The maximum absolute atomic E-state index is 12.5. The number of hydrogen-bond acceptors (Lipinski definition) is 6. The van der Waals surface area contributed by atoms with Gasteiger partial charge in [0, 0.05) is 38.7 Å². The largest absolute Gasteiger partial charge is 0.495 e. The molecule has 0 bridgehead atoms. The maximum atomic E-state index is 12.5. The number of carbonyl (C=O) groups is 2. The van der Waals surface area contributed by atoms with Crippen molar-refractivity contribution in [1.82, 2.24) is 4.90 Å². The molecule has 1 saturated heterocycles. The lowest BCUT2D eigenvalue weighted by Gasteiger charge is -2.36. The molecule has 0 spiro atoms. The lowest BCUT2D eigenvalue weighted by molar-refractivity contribution is -0.140. The Morgan fingerprint density at radius 2 is 1.83 bits per heavy atom. The fourth-order valence-corrected chi connectivity index (χ4v) is 3.26. The summed E-state index contributed by atoms with van der Waals surface area (Å²) in [4.78, 5) is 27.7. The van der Waals surface area contributed by atoms with Crippen molar-refractivity contribution in [1.29, 1.82) is 0 Å². The Morgan fingerprint density at radius 3 is 2.55 bits per heavy atom. The summed E-state index contributed by atoms with van der Waals surface area (Å²) in [6.07, 6.45) is 3.93. The SMILES string of the molecule is COC(=O)CCc1ccc(/C=C/C(=O)N2CCN(c3ccccc3OC)CC2)o1. The zero-order valence-corrected chi connectivity index (χ0v) is 16.8. The lowest BCUT2D eigenvalue weighted by Crippen LogP contribution is -2.48. The van der Waals surface area contributed by atoms with E-state index in [-0.39, 0.29) is 18.3 Å². The molecule has 7 nitrogen and oxygen atoms in total. The van der Waals surface area contributed by atoms with Crippen molar-refractivity contribution in [2.24, 2.45) is 0 Å². The van der Waals surface area contributed by atoms with Gasteiger partial charge < -0.3 is 23.7 Å². The topological polar surface area (TPSA) is 72.2 Å². The van der Waals surface area contributed by atoms with E-state index >= 15 is 0 Å². The van der Waals surface area contributed by atoms with Gasteiger partial charge in [-0.05, 0) is 30.3 Å². The molecule has 1 aliphatic rings. The molecule has 7 heteroatoms. The molecule has 2 aromatic rings. The second-order valence-corrected chi connectivity index (χ2v) is 6.70. The standard InChI is InChI=1S/C22H26N2O5/c1-27-20-6-4-3-5-19(20)23-13-15-24(16-14-23)21(25)11-9-17-7-8-18(29-17)10-12-22(26)28-2/h3-9,11H,10,12-16H2,1-2H3/b11-9+. The number of hydrogen-bond donors (Lipinski definition) is 0. The quantitative estimate of drug-likeness (QED) is 0.528. The molecule has 0 aliphatic carbocycles. The Balaban J connectivity index is 1.51. The van der Waals surface area contributed by atoms with Crippen LogP contribution in [0.4, 0.5) is 5.69 Å². The van der Waals surface area contributed by atoms with Gasteiger partial charge in [-0.15, -0.1) is 0 Å². The highest BCUT2D eigenvalue weighted by Gasteiger charge is 2.21. The number of amides is 1. The fourth-order valence-electron chi connectivity index (χ4n) is 3.26. The smallest absolute Gasteiger partial charge is 0.305 e. The molecule has 1 aromatic carbocycles. The van der Waals surface area contributed by atoms with Crippen LogP contribution in [0.15, 0.2) is 46.9 Å². The van der Waals surface area contributed by atoms with Crippen LogP contribution in [0.1, 0.15) is 17.9 Å². The molecular formula is C22H26N2O5. The van der Waals surface area contributed by atoms with Gasteiger partial charge in [-0.3, -0.25) is 9.59 Å². The van der Waals surface area contributed by atoms with E-state index in [4.69, 9.17) is 9.15 Å². The second kappa shape index (κ2) is 9.82. The predicted molar refractivity (Wildman–Crippen MR) is 110 cm³/mol. The third kappa shape index (κ3) is 5.40. The monoisotopic (exact) mass is 398 g/mol. The highest BCUT2D eigenvalue weighted by molar-refractivity contribution is 5.91. The number of furan rings is 1. The van der Waals surface area contributed by atoms with Crippen LogP contribution in [0.2, 0.25) is 0 Å². The van der Waals surface area contributed by atoms with Crippen LogP contribution >= 0.6 is 0 Å².